The van der Waals surface area contributed by atoms with Gasteiger partial charge >= 0.3 is 12.1 Å². The molecule has 0 aromatic heterocycles. The number of carbonyl (C=O) groups excluding carboxylic acids is 2. The average Bonchev–Trinajstić information content (AvgIpc) is 2.45. The van der Waals surface area contributed by atoms with E-state index in [9.17, 15) is 9.59 Å². The van der Waals surface area contributed by atoms with Crippen molar-refractivity contribution in [1.29, 1.82) is 0 Å². The molecule has 0 heterocycles. The van der Waals surface area contributed by atoms with Gasteiger partial charge in [-0.3, -0.25) is 0 Å². The lowest BCUT2D eigenvalue weighted by atomic mass is 10.1. The fraction of sp³-hybridized carbons (Fsp3) is 0.529. The van der Waals surface area contributed by atoms with E-state index in [1.165, 1.54) is 7.11 Å². The van der Waals surface area contributed by atoms with Gasteiger partial charge in [0.05, 0.1) is 7.11 Å². The van der Waals surface area contributed by atoms with E-state index in [1.807, 2.05) is 64.2 Å². The second kappa shape index (κ2) is 7.63. The molecule has 1 N–H and O–H groups in total. The molecule has 5 nitrogen and oxygen atoms in total. The van der Waals surface area contributed by atoms with Crippen LogP contribution in [-0.4, -0.2) is 33.5 Å². The Kier molecular flexibility index (Phi) is 6.38. The van der Waals surface area contributed by atoms with Crippen LogP contribution in [0.2, 0.25) is 18.1 Å². The lowest BCUT2D eigenvalue weighted by Gasteiger charge is -2.35. The van der Waals surface area contributed by atoms with Crippen LogP contribution >= 0.6 is 0 Å². The SMILES string of the molecule is COC(=O)C(Cc1ccccc1)NC(=O)O[Si](C)(C)C(C)(C)C. The van der Waals surface area contributed by atoms with Crippen LogP contribution in [0.3, 0.4) is 0 Å². The zero-order chi connectivity index (χ0) is 17.7. The summed E-state index contributed by atoms with van der Waals surface area (Å²) in [5, 5.41) is 2.55. The normalized spacial score (nSPS) is 13.1. The van der Waals surface area contributed by atoms with Crippen LogP contribution < -0.4 is 5.32 Å². The van der Waals surface area contributed by atoms with E-state index in [0.29, 0.717) is 6.42 Å². The van der Waals surface area contributed by atoms with Crippen LogP contribution in [0, 0.1) is 0 Å². The maximum atomic E-state index is 12.2. The molecule has 23 heavy (non-hydrogen) atoms. The highest BCUT2D eigenvalue weighted by Gasteiger charge is 2.41. The van der Waals surface area contributed by atoms with Crippen LogP contribution in [0.25, 0.3) is 0 Å². The molecule has 0 aliphatic rings. The number of ether oxygens (including phenoxy) is 1. The summed E-state index contributed by atoms with van der Waals surface area (Å²) < 4.78 is 10.4. The number of rotatable bonds is 5. The number of nitrogens with one attached hydrogen (secondary N) is 1. The zero-order valence-electron chi connectivity index (χ0n) is 14.8. The fourth-order valence-electron chi connectivity index (χ4n) is 1.74. The summed E-state index contributed by atoms with van der Waals surface area (Å²) in [6.07, 6.45) is -0.206. The van der Waals surface area contributed by atoms with Gasteiger partial charge in [-0.1, -0.05) is 51.1 Å². The van der Waals surface area contributed by atoms with Gasteiger partial charge in [0.25, 0.3) is 8.32 Å². The van der Waals surface area contributed by atoms with Crippen LogP contribution in [0.5, 0.6) is 0 Å². The van der Waals surface area contributed by atoms with Crippen molar-refractivity contribution in [2.45, 2.75) is 51.4 Å². The van der Waals surface area contributed by atoms with Gasteiger partial charge in [-0.2, -0.15) is 0 Å². The van der Waals surface area contributed by atoms with Gasteiger partial charge in [0.1, 0.15) is 6.04 Å². The third-order valence-electron chi connectivity index (χ3n) is 4.21. The molecule has 0 fully saturated rings. The summed E-state index contributed by atoms with van der Waals surface area (Å²) in [5.74, 6) is -0.485. The number of amides is 1. The van der Waals surface area contributed by atoms with E-state index in [4.69, 9.17) is 9.16 Å². The number of benzene rings is 1. The van der Waals surface area contributed by atoms with Crippen molar-refractivity contribution in [3.8, 4) is 0 Å². The molecular formula is C17H27NO4Si. The van der Waals surface area contributed by atoms with Crippen molar-refractivity contribution in [3.05, 3.63) is 35.9 Å². The first-order valence-electron chi connectivity index (χ1n) is 7.68. The highest BCUT2D eigenvalue weighted by molar-refractivity contribution is 6.75. The van der Waals surface area contributed by atoms with E-state index in [1.54, 1.807) is 0 Å². The number of carbonyl (C=O) groups is 2. The van der Waals surface area contributed by atoms with Crippen LogP contribution in [-0.2, 0) is 20.4 Å². The largest absolute Gasteiger partial charge is 0.504 e. The van der Waals surface area contributed by atoms with Gasteiger partial charge < -0.3 is 14.5 Å². The minimum absolute atomic E-state index is 0.0927. The standard InChI is InChI=1S/C17H27NO4Si/c1-17(2,3)23(5,6)22-16(20)18-14(15(19)21-4)12-13-10-8-7-9-11-13/h7-11,14H,12H2,1-6H3,(H,18,20). The number of esters is 1. The number of hydrogen-bond donors (Lipinski definition) is 1. The predicted octanol–water partition coefficient (Wildman–Crippen LogP) is 3.50. The van der Waals surface area contributed by atoms with Gasteiger partial charge in [-0.25, -0.2) is 9.59 Å². The predicted molar refractivity (Wildman–Crippen MR) is 92.8 cm³/mol. The average molecular weight is 337 g/mol. The van der Waals surface area contributed by atoms with Crippen molar-refractivity contribution in [1.82, 2.24) is 5.32 Å². The van der Waals surface area contributed by atoms with Gasteiger partial charge in [-0.15, -0.1) is 0 Å². The van der Waals surface area contributed by atoms with Gasteiger partial charge in [-0.05, 0) is 23.7 Å². The molecule has 0 aliphatic carbocycles. The van der Waals surface area contributed by atoms with Crippen molar-refractivity contribution >= 4 is 20.4 Å². The van der Waals surface area contributed by atoms with Gasteiger partial charge in [0.2, 0.25) is 0 Å². The molecule has 0 saturated carbocycles. The van der Waals surface area contributed by atoms with E-state index < -0.39 is 26.4 Å². The summed E-state index contributed by atoms with van der Waals surface area (Å²) >= 11 is 0. The molecule has 1 rings (SSSR count). The summed E-state index contributed by atoms with van der Waals surface area (Å²) in [5.41, 5.74) is 0.940. The third kappa shape index (κ3) is 5.71. The summed E-state index contributed by atoms with van der Waals surface area (Å²) in [4.78, 5) is 24.2. The van der Waals surface area contributed by atoms with E-state index in [2.05, 4.69) is 5.32 Å². The first kappa shape index (κ1) is 19.2. The maximum absolute atomic E-state index is 12.2. The highest BCUT2D eigenvalue weighted by Crippen LogP contribution is 2.36. The Morgan fingerprint density at radius 1 is 1.17 bits per heavy atom. The van der Waals surface area contributed by atoms with E-state index >= 15 is 0 Å². The second-order valence-corrected chi connectivity index (χ2v) is 11.8. The quantitative estimate of drug-likeness (QED) is 0.660. The molecule has 0 saturated heterocycles. The molecule has 1 aromatic rings. The van der Waals surface area contributed by atoms with Crippen molar-refractivity contribution in [2.75, 3.05) is 7.11 Å². The van der Waals surface area contributed by atoms with Crippen molar-refractivity contribution in [3.63, 3.8) is 0 Å². The maximum Gasteiger partial charge on any atom is 0.394 e. The van der Waals surface area contributed by atoms with Crippen LogP contribution in [0.15, 0.2) is 30.3 Å². The minimum Gasteiger partial charge on any atom is -0.504 e. The van der Waals surface area contributed by atoms with Crippen LogP contribution in [0.4, 0.5) is 4.79 Å². The fourth-order valence-corrected chi connectivity index (χ4v) is 2.57. The molecule has 6 heteroatoms. The lowest BCUT2D eigenvalue weighted by Crippen LogP contribution is -2.49. The Morgan fingerprint density at radius 2 is 1.74 bits per heavy atom. The van der Waals surface area contributed by atoms with E-state index in [0.717, 1.165) is 5.56 Å². The Balaban J connectivity index is 2.78. The smallest absolute Gasteiger partial charge is 0.394 e. The third-order valence-corrected chi connectivity index (χ3v) is 8.52. The summed E-state index contributed by atoms with van der Waals surface area (Å²) in [6, 6.07) is 8.71. The number of hydrogen-bond acceptors (Lipinski definition) is 4. The molecular weight excluding hydrogens is 310 g/mol. The first-order valence-corrected chi connectivity index (χ1v) is 10.6. The zero-order valence-corrected chi connectivity index (χ0v) is 15.8. The monoisotopic (exact) mass is 337 g/mol. The summed E-state index contributed by atoms with van der Waals surface area (Å²) in [6.45, 7) is 10.1. The van der Waals surface area contributed by atoms with Crippen molar-refractivity contribution < 1.29 is 18.8 Å². The molecule has 1 amide bonds. The Morgan fingerprint density at radius 3 is 2.22 bits per heavy atom. The molecule has 1 atom stereocenters. The Bertz CT molecular complexity index is 537. The lowest BCUT2D eigenvalue weighted by molar-refractivity contribution is -0.142. The van der Waals surface area contributed by atoms with Crippen LogP contribution in [0.1, 0.15) is 26.3 Å². The number of methoxy groups -OCH3 is 1. The van der Waals surface area contributed by atoms with Gasteiger partial charge in [0, 0.05) is 6.42 Å². The molecule has 0 aliphatic heterocycles. The molecule has 1 aromatic carbocycles. The Labute approximate surface area is 139 Å². The summed E-state index contributed by atoms with van der Waals surface area (Å²) in [7, 11) is -0.929. The molecule has 128 valence electrons. The van der Waals surface area contributed by atoms with E-state index in [-0.39, 0.29) is 5.04 Å². The molecule has 0 radical (unpaired) electrons. The second-order valence-electron chi connectivity index (χ2n) is 7.06. The molecule has 0 bridgehead atoms. The van der Waals surface area contributed by atoms with Crippen molar-refractivity contribution in [2.24, 2.45) is 0 Å². The van der Waals surface area contributed by atoms with Gasteiger partial charge in [0.15, 0.2) is 0 Å². The highest BCUT2D eigenvalue weighted by atomic mass is 28.4. The first-order chi connectivity index (χ1) is 10.6. The minimum atomic E-state index is -2.24. The molecule has 1 unspecified atom stereocenters. The molecule has 0 spiro atoms. The Hall–Kier alpha value is -1.82. The topological polar surface area (TPSA) is 64.6 Å².